The highest BCUT2D eigenvalue weighted by molar-refractivity contribution is 14.0. The molecule has 0 aromatic heterocycles. The van der Waals surface area contributed by atoms with Crippen LogP contribution in [0.15, 0.2) is 29.3 Å². The lowest BCUT2D eigenvalue weighted by molar-refractivity contribution is -0.120. The second-order valence-corrected chi connectivity index (χ2v) is 5.62. The van der Waals surface area contributed by atoms with Crippen molar-refractivity contribution in [2.45, 2.75) is 25.8 Å². The molecule has 1 aliphatic carbocycles. The van der Waals surface area contributed by atoms with Gasteiger partial charge >= 0.3 is 0 Å². The monoisotopic (exact) mass is 434 g/mol. The number of nitrogens with zero attached hydrogens (tertiary/aromatic N) is 1. The van der Waals surface area contributed by atoms with E-state index in [4.69, 9.17) is 0 Å². The lowest BCUT2D eigenvalue weighted by atomic mass is 10.1. The summed E-state index contributed by atoms with van der Waals surface area (Å²) in [5.74, 6) is 1.01. The molecule has 0 spiro atoms. The molecule has 1 aliphatic rings. The minimum atomic E-state index is -0.323. The van der Waals surface area contributed by atoms with Gasteiger partial charge in [-0.05, 0) is 30.0 Å². The second kappa shape index (κ2) is 9.69. The van der Waals surface area contributed by atoms with Crippen LogP contribution in [0.1, 0.15) is 18.9 Å². The van der Waals surface area contributed by atoms with Crippen molar-refractivity contribution in [1.29, 1.82) is 0 Å². The first-order valence-corrected chi connectivity index (χ1v) is 7.57. The number of rotatable bonds is 6. The second-order valence-electron chi connectivity index (χ2n) is 5.62. The number of benzene rings is 1. The fourth-order valence-electron chi connectivity index (χ4n) is 2.17. The Labute approximate surface area is 153 Å². The molecule has 1 fully saturated rings. The smallest absolute Gasteiger partial charge is 0.224 e. The zero-order valence-electron chi connectivity index (χ0n) is 13.4. The predicted molar refractivity (Wildman–Crippen MR) is 101 cm³/mol. The molecule has 0 radical (unpaired) electrons. The van der Waals surface area contributed by atoms with Gasteiger partial charge in [-0.2, -0.15) is 0 Å². The number of halogens is 2. The maximum absolute atomic E-state index is 13.0. The molecule has 2 rings (SSSR count). The van der Waals surface area contributed by atoms with Crippen LogP contribution in [0, 0.1) is 11.7 Å². The van der Waals surface area contributed by atoms with Gasteiger partial charge in [-0.15, -0.1) is 24.0 Å². The van der Waals surface area contributed by atoms with Crippen molar-refractivity contribution in [2.24, 2.45) is 10.9 Å². The molecule has 0 bridgehead atoms. The van der Waals surface area contributed by atoms with Crippen molar-refractivity contribution in [1.82, 2.24) is 16.0 Å². The van der Waals surface area contributed by atoms with Crippen molar-refractivity contribution in [2.75, 3.05) is 20.1 Å². The summed E-state index contributed by atoms with van der Waals surface area (Å²) < 4.78 is 13.0. The topological polar surface area (TPSA) is 65.5 Å². The third kappa shape index (κ3) is 7.15. The summed E-state index contributed by atoms with van der Waals surface area (Å²) in [6.45, 7) is 3.28. The Balaban J connectivity index is 0.00000264. The molecule has 3 N–H and O–H groups in total. The minimum absolute atomic E-state index is 0. The first-order chi connectivity index (χ1) is 10.6. The van der Waals surface area contributed by atoms with Gasteiger partial charge in [0.1, 0.15) is 5.82 Å². The molecule has 1 amide bonds. The highest BCUT2D eigenvalue weighted by Gasteiger charge is 2.33. The average molecular weight is 434 g/mol. The van der Waals surface area contributed by atoms with Crippen molar-refractivity contribution in [3.05, 3.63) is 35.6 Å². The molecule has 1 aromatic rings. The highest BCUT2D eigenvalue weighted by Crippen LogP contribution is 2.28. The molecule has 2 unspecified atom stereocenters. The van der Waals surface area contributed by atoms with Gasteiger partial charge in [0.05, 0.1) is 6.42 Å². The predicted octanol–water partition coefficient (Wildman–Crippen LogP) is 1.68. The zero-order chi connectivity index (χ0) is 15.9. The number of guanidine groups is 1. The van der Waals surface area contributed by atoms with E-state index in [1.54, 1.807) is 19.2 Å². The number of amides is 1. The summed E-state index contributed by atoms with van der Waals surface area (Å²) >= 11 is 0. The molecule has 128 valence electrons. The molecule has 7 heteroatoms. The van der Waals surface area contributed by atoms with E-state index in [0.717, 1.165) is 5.96 Å². The molecular formula is C16H24FIN4O. The summed E-state index contributed by atoms with van der Waals surface area (Å²) in [6.07, 6.45) is 1.36. The molecule has 0 heterocycles. The van der Waals surface area contributed by atoms with Crippen LogP contribution in [0.25, 0.3) is 0 Å². The third-order valence-electron chi connectivity index (χ3n) is 3.65. The van der Waals surface area contributed by atoms with E-state index in [2.05, 4.69) is 27.9 Å². The molecule has 23 heavy (non-hydrogen) atoms. The van der Waals surface area contributed by atoms with E-state index < -0.39 is 0 Å². The Morgan fingerprint density at radius 1 is 1.35 bits per heavy atom. The fraction of sp³-hybridized carbons (Fsp3) is 0.500. The van der Waals surface area contributed by atoms with Crippen LogP contribution in [0.2, 0.25) is 0 Å². The van der Waals surface area contributed by atoms with Crippen LogP contribution in [0.3, 0.4) is 0 Å². The Morgan fingerprint density at radius 2 is 2.04 bits per heavy atom. The molecule has 0 saturated heterocycles. The van der Waals surface area contributed by atoms with E-state index in [1.807, 2.05) is 0 Å². The summed E-state index contributed by atoms with van der Waals surface area (Å²) in [6, 6.07) is 6.59. The number of aliphatic imine (C=N–C) groups is 1. The van der Waals surface area contributed by atoms with Gasteiger partial charge in [0.2, 0.25) is 5.91 Å². The van der Waals surface area contributed by atoms with Crippen molar-refractivity contribution in [3.63, 3.8) is 0 Å². The van der Waals surface area contributed by atoms with Crippen LogP contribution in [-0.4, -0.2) is 38.0 Å². The first-order valence-electron chi connectivity index (χ1n) is 7.57. The number of carbonyl (C=O) groups excluding carboxylic acids is 1. The average Bonchev–Trinajstić information content (AvgIpc) is 3.17. The summed E-state index contributed by atoms with van der Waals surface area (Å²) in [5.41, 5.74) is 0.672. The Bertz CT molecular complexity index is 553. The van der Waals surface area contributed by atoms with Crippen LogP contribution < -0.4 is 16.0 Å². The Hall–Kier alpha value is -1.38. The molecule has 0 aliphatic heterocycles. The van der Waals surface area contributed by atoms with Crippen LogP contribution >= 0.6 is 24.0 Å². The van der Waals surface area contributed by atoms with E-state index >= 15 is 0 Å². The van der Waals surface area contributed by atoms with Crippen molar-refractivity contribution < 1.29 is 9.18 Å². The third-order valence-corrected chi connectivity index (χ3v) is 3.65. The van der Waals surface area contributed by atoms with Gasteiger partial charge in [-0.1, -0.05) is 19.1 Å². The van der Waals surface area contributed by atoms with Gasteiger partial charge in [0.25, 0.3) is 0 Å². The largest absolute Gasteiger partial charge is 0.355 e. The lowest BCUT2D eigenvalue weighted by Gasteiger charge is -2.12. The van der Waals surface area contributed by atoms with Crippen molar-refractivity contribution >= 4 is 35.8 Å². The van der Waals surface area contributed by atoms with E-state index in [0.29, 0.717) is 30.6 Å². The SMILES string of the molecule is CN=C(NCCNC(=O)Cc1cccc(F)c1)NC1CC1C.I. The zero-order valence-corrected chi connectivity index (χ0v) is 15.8. The number of hydrogen-bond donors (Lipinski definition) is 3. The summed E-state index contributed by atoms with van der Waals surface area (Å²) in [5, 5.41) is 9.26. The number of carbonyl (C=O) groups is 1. The van der Waals surface area contributed by atoms with Gasteiger partial charge in [0.15, 0.2) is 5.96 Å². The fourth-order valence-corrected chi connectivity index (χ4v) is 2.17. The maximum Gasteiger partial charge on any atom is 0.224 e. The molecule has 1 aromatic carbocycles. The van der Waals surface area contributed by atoms with Gasteiger partial charge in [-0.25, -0.2) is 4.39 Å². The number of hydrogen-bond acceptors (Lipinski definition) is 2. The number of nitrogens with one attached hydrogen (secondary N) is 3. The minimum Gasteiger partial charge on any atom is -0.355 e. The van der Waals surface area contributed by atoms with Crippen molar-refractivity contribution in [3.8, 4) is 0 Å². The van der Waals surface area contributed by atoms with Crippen LogP contribution in [0.5, 0.6) is 0 Å². The van der Waals surface area contributed by atoms with Gasteiger partial charge in [0, 0.05) is 26.2 Å². The molecule has 2 atom stereocenters. The van der Waals surface area contributed by atoms with Gasteiger partial charge < -0.3 is 16.0 Å². The molecule has 1 saturated carbocycles. The van der Waals surface area contributed by atoms with Crippen LogP contribution in [0.4, 0.5) is 4.39 Å². The molecular weight excluding hydrogens is 410 g/mol. The van der Waals surface area contributed by atoms with E-state index in [1.165, 1.54) is 18.6 Å². The van der Waals surface area contributed by atoms with E-state index in [-0.39, 0.29) is 42.1 Å². The maximum atomic E-state index is 13.0. The summed E-state index contributed by atoms with van der Waals surface area (Å²) in [7, 11) is 1.73. The summed E-state index contributed by atoms with van der Waals surface area (Å²) in [4.78, 5) is 15.9. The Morgan fingerprint density at radius 3 is 2.65 bits per heavy atom. The molecule has 5 nitrogen and oxygen atoms in total. The normalized spacial score (nSPS) is 19.5. The van der Waals surface area contributed by atoms with Crippen LogP contribution in [-0.2, 0) is 11.2 Å². The van der Waals surface area contributed by atoms with Gasteiger partial charge in [-0.3, -0.25) is 9.79 Å². The standard InChI is InChI=1S/C16H23FN4O.HI/c1-11-8-14(11)21-16(18-2)20-7-6-19-15(22)10-12-4-3-5-13(17)9-12;/h3-5,9,11,14H,6-8,10H2,1-2H3,(H,19,22)(H2,18,20,21);1H. The lowest BCUT2D eigenvalue weighted by Crippen LogP contribution is -2.42. The highest BCUT2D eigenvalue weighted by atomic mass is 127. The first kappa shape index (κ1) is 19.7. The quantitative estimate of drug-likeness (QED) is 0.276. The van der Waals surface area contributed by atoms with E-state index in [9.17, 15) is 9.18 Å². The Kier molecular flexibility index (Phi) is 8.29.